The summed E-state index contributed by atoms with van der Waals surface area (Å²) in [7, 11) is 1.55. The van der Waals surface area contributed by atoms with Crippen LogP contribution in [0.3, 0.4) is 0 Å². The van der Waals surface area contributed by atoms with Crippen LogP contribution in [-0.4, -0.2) is 15.6 Å². The third-order valence-corrected chi connectivity index (χ3v) is 3.18. The lowest BCUT2D eigenvalue weighted by molar-refractivity contribution is 0.103. The molecule has 0 radical (unpaired) electrons. The fraction of sp³-hybridized carbons (Fsp3) is 0.167. The largest absolute Gasteiger partial charge is 0.299 e. The standard InChI is InChI=1S/C12H10Cl2N2O2.ClH/c1-6-10(12(18)16(2)15-6)11(17)8-4-3-7(13)5-9(8)14;/h3-5,15H,1-2H3;1H. The van der Waals surface area contributed by atoms with Crippen LogP contribution in [0.5, 0.6) is 0 Å². The first-order chi connectivity index (χ1) is 8.41. The number of nitrogens with zero attached hydrogens (tertiary/aromatic N) is 1. The maximum atomic E-state index is 12.3. The first-order valence-electron chi connectivity index (χ1n) is 5.17. The van der Waals surface area contributed by atoms with Crippen LogP contribution >= 0.6 is 35.6 Å². The summed E-state index contributed by atoms with van der Waals surface area (Å²) in [6.07, 6.45) is 0. The number of aryl methyl sites for hydroxylation is 2. The second kappa shape index (κ2) is 5.82. The van der Waals surface area contributed by atoms with Crippen molar-refractivity contribution in [2.75, 3.05) is 0 Å². The number of hydrogen-bond acceptors (Lipinski definition) is 2. The second-order valence-electron chi connectivity index (χ2n) is 3.93. The number of rotatable bonds is 2. The highest BCUT2D eigenvalue weighted by Gasteiger charge is 2.21. The van der Waals surface area contributed by atoms with E-state index in [1.54, 1.807) is 20.0 Å². The van der Waals surface area contributed by atoms with Gasteiger partial charge in [-0.15, -0.1) is 12.4 Å². The van der Waals surface area contributed by atoms with E-state index in [1.807, 2.05) is 0 Å². The van der Waals surface area contributed by atoms with Gasteiger partial charge in [0.25, 0.3) is 5.56 Å². The fourth-order valence-electron chi connectivity index (χ4n) is 1.76. The zero-order chi connectivity index (χ0) is 13.4. The number of hydrogen-bond donors (Lipinski definition) is 1. The molecule has 0 saturated carbocycles. The summed E-state index contributed by atoms with van der Waals surface area (Å²) >= 11 is 11.7. The number of H-pyrrole nitrogens is 1. The van der Waals surface area contributed by atoms with Crippen molar-refractivity contribution in [1.29, 1.82) is 0 Å². The molecule has 19 heavy (non-hydrogen) atoms. The van der Waals surface area contributed by atoms with Crippen LogP contribution in [0.2, 0.25) is 10.0 Å². The molecule has 1 aromatic heterocycles. The van der Waals surface area contributed by atoms with E-state index in [0.717, 1.165) is 0 Å². The average molecular weight is 322 g/mol. The normalized spacial score (nSPS) is 10.1. The zero-order valence-corrected chi connectivity index (χ0v) is 12.5. The van der Waals surface area contributed by atoms with Crippen LogP contribution in [-0.2, 0) is 7.05 Å². The quantitative estimate of drug-likeness (QED) is 0.865. The van der Waals surface area contributed by atoms with Crippen molar-refractivity contribution in [3.8, 4) is 0 Å². The SMILES string of the molecule is Cc1[nH]n(C)c(=O)c1C(=O)c1ccc(Cl)cc1Cl.Cl. The van der Waals surface area contributed by atoms with Crippen LogP contribution in [0.1, 0.15) is 21.6 Å². The Kier molecular flexibility index (Phi) is 4.85. The Morgan fingerprint density at radius 1 is 1.32 bits per heavy atom. The van der Waals surface area contributed by atoms with Crippen molar-refractivity contribution in [3.63, 3.8) is 0 Å². The first-order valence-corrected chi connectivity index (χ1v) is 5.92. The van der Waals surface area contributed by atoms with E-state index in [4.69, 9.17) is 23.2 Å². The highest BCUT2D eigenvalue weighted by atomic mass is 35.5. The van der Waals surface area contributed by atoms with Gasteiger partial charge in [0.2, 0.25) is 5.78 Å². The molecule has 0 saturated heterocycles. The zero-order valence-electron chi connectivity index (χ0n) is 10.2. The molecule has 1 N–H and O–H groups in total. The van der Waals surface area contributed by atoms with E-state index < -0.39 is 5.78 Å². The molecular formula is C12H11Cl3N2O2. The van der Waals surface area contributed by atoms with Crippen LogP contribution in [0.15, 0.2) is 23.0 Å². The van der Waals surface area contributed by atoms with Gasteiger partial charge in [0.1, 0.15) is 5.56 Å². The minimum Gasteiger partial charge on any atom is -0.299 e. The summed E-state index contributed by atoms with van der Waals surface area (Å²) in [6, 6.07) is 4.55. The van der Waals surface area contributed by atoms with Crippen LogP contribution in [0.4, 0.5) is 0 Å². The minimum atomic E-state index is -0.406. The molecular weight excluding hydrogens is 311 g/mol. The third-order valence-electron chi connectivity index (χ3n) is 2.63. The van der Waals surface area contributed by atoms with Crippen molar-refractivity contribution < 1.29 is 4.79 Å². The lowest BCUT2D eigenvalue weighted by Crippen LogP contribution is -2.19. The average Bonchev–Trinajstić information content (AvgIpc) is 2.52. The van der Waals surface area contributed by atoms with Crippen LogP contribution in [0, 0.1) is 6.92 Å². The van der Waals surface area contributed by atoms with Gasteiger partial charge in [-0.1, -0.05) is 23.2 Å². The van der Waals surface area contributed by atoms with Gasteiger partial charge in [0, 0.05) is 23.3 Å². The molecule has 0 unspecified atom stereocenters. The number of carbonyl (C=O) groups is 1. The summed E-state index contributed by atoms with van der Waals surface area (Å²) in [4.78, 5) is 24.1. The van der Waals surface area contributed by atoms with Crippen LogP contribution < -0.4 is 5.56 Å². The predicted octanol–water partition coefficient (Wildman–Crippen LogP) is 2.98. The van der Waals surface area contributed by atoms with Gasteiger partial charge in [0.15, 0.2) is 0 Å². The molecule has 0 aliphatic carbocycles. The molecule has 0 fully saturated rings. The Morgan fingerprint density at radius 2 is 1.95 bits per heavy atom. The number of aromatic amines is 1. The highest BCUT2D eigenvalue weighted by Crippen LogP contribution is 2.23. The molecule has 7 heteroatoms. The van der Waals surface area contributed by atoms with Crippen molar-refractivity contribution in [2.24, 2.45) is 7.05 Å². The van der Waals surface area contributed by atoms with Gasteiger partial charge in [0.05, 0.1) is 5.02 Å². The summed E-state index contributed by atoms with van der Waals surface area (Å²) in [5, 5.41) is 3.44. The lowest BCUT2D eigenvalue weighted by atomic mass is 10.0. The van der Waals surface area contributed by atoms with E-state index in [9.17, 15) is 9.59 Å². The minimum absolute atomic E-state index is 0. The Hall–Kier alpha value is -1.23. The van der Waals surface area contributed by atoms with Gasteiger partial charge in [-0.05, 0) is 25.1 Å². The monoisotopic (exact) mass is 320 g/mol. The van der Waals surface area contributed by atoms with Gasteiger partial charge < -0.3 is 0 Å². The maximum absolute atomic E-state index is 12.3. The Morgan fingerprint density at radius 3 is 2.42 bits per heavy atom. The summed E-state index contributed by atoms with van der Waals surface area (Å²) < 4.78 is 1.26. The molecule has 0 spiro atoms. The number of benzene rings is 1. The molecule has 0 bridgehead atoms. The second-order valence-corrected chi connectivity index (χ2v) is 4.77. The van der Waals surface area contributed by atoms with Gasteiger partial charge in [-0.25, -0.2) is 0 Å². The molecule has 0 amide bonds. The number of carbonyl (C=O) groups excluding carboxylic acids is 1. The molecule has 102 valence electrons. The molecule has 4 nitrogen and oxygen atoms in total. The number of halogens is 3. The van der Waals surface area contributed by atoms with Crippen molar-refractivity contribution in [1.82, 2.24) is 9.78 Å². The molecule has 2 aromatic rings. The third kappa shape index (κ3) is 2.86. The van der Waals surface area contributed by atoms with E-state index in [0.29, 0.717) is 10.7 Å². The number of ketones is 1. The van der Waals surface area contributed by atoms with E-state index >= 15 is 0 Å². The maximum Gasteiger partial charge on any atom is 0.277 e. The molecule has 0 aliphatic heterocycles. The highest BCUT2D eigenvalue weighted by molar-refractivity contribution is 6.37. The molecule has 1 aromatic carbocycles. The predicted molar refractivity (Wildman–Crippen MR) is 77.9 cm³/mol. The Bertz CT molecular complexity index is 689. The van der Waals surface area contributed by atoms with Crippen LogP contribution in [0.25, 0.3) is 0 Å². The van der Waals surface area contributed by atoms with E-state index in [1.165, 1.54) is 16.8 Å². The van der Waals surface area contributed by atoms with E-state index in [2.05, 4.69) is 5.10 Å². The van der Waals surface area contributed by atoms with Crippen molar-refractivity contribution in [3.05, 3.63) is 55.4 Å². The number of nitrogens with one attached hydrogen (secondary N) is 1. The van der Waals surface area contributed by atoms with Crippen molar-refractivity contribution >= 4 is 41.4 Å². The lowest BCUT2D eigenvalue weighted by Gasteiger charge is -2.02. The van der Waals surface area contributed by atoms with Gasteiger partial charge >= 0.3 is 0 Å². The number of aromatic nitrogens is 2. The van der Waals surface area contributed by atoms with Gasteiger partial charge in [-0.2, -0.15) is 0 Å². The molecule has 1 heterocycles. The van der Waals surface area contributed by atoms with E-state index in [-0.39, 0.29) is 34.1 Å². The fourth-order valence-corrected chi connectivity index (χ4v) is 2.26. The van der Waals surface area contributed by atoms with Gasteiger partial charge in [-0.3, -0.25) is 19.4 Å². The molecule has 2 rings (SSSR count). The van der Waals surface area contributed by atoms with Crippen molar-refractivity contribution in [2.45, 2.75) is 6.92 Å². The topological polar surface area (TPSA) is 54.9 Å². The Balaban J connectivity index is 0.00000180. The smallest absolute Gasteiger partial charge is 0.277 e. The summed E-state index contributed by atoms with van der Waals surface area (Å²) in [5.41, 5.74) is 0.504. The Labute approximate surface area is 125 Å². The molecule has 0 aliphatic rings. The molecule has 0 atom stereocenters. The first kappa shape index (κ1) is 15.8. The summed E-state index contributed by atoms with van der Waals surface area (Å²) in [5.74, 6) is -0.406. The summed E-state index contributed by atoms with van der Waals surface area (Å²) in [6.45, 7) is 1.67.